The van der Waals surface area contributed by atoms with Crippen LogP contribution in [-0.4, -0.2) is 9.97 Å². The molecule has 2 aromatic rings. The molecule has 2 nitrogen and oxygen atoms in total. The first-order valence-electron chi connectivity index (χ1n) is 9.73. The first-order valence-corrected chi connectivity index (χ1v) is 9.73. The zero-order valence-corrected chi connectivity index (χ0v) is 17.8. The molecular formula is C22H40N2. The summed E-state index contributed by atoms with van der Waals surface area (Å²) in [6.07, 6.45) is 5.77. The second kappa shape index (κ2) is 21.3. The van der Waals surface area contributed by atoms with Crippen LogP contribution in [0.5, 0.6) is 0 Å². The molecule has 0 aliphatic rings. The molecule has 0 spiro atoms. The van der Waals surface area contributed by atoms with Gasteiger partial charge in [0.15, 0.2) is 0 Å². The van der Waals surface area contributed by atoms with Gasteiger partial charge < -0.3 is 0 Å². The van der Waals surface area contributed by atoms with Gasteiger partial charge in [0.25, 0.3) is 0 Å². The van der Waals surface area contributed by atoms with E-state index in [1.807, 2.05) is 79.9 Å². The summed E-state index contributed by atoms with van der Waals surface area (Å²) in [6, 6.07) is 8.32. The van der Waals surface area contributed by atoms with Crippen molar-refractivity contribution in [2.24, 2.45) is 0 Å². The maximum absolute atomic E-state index is 4.37. The van der Waals surface area contributed by atoms with Crippen LogP contribution in [0.15, 0.2) is 36.7 Å². The average molecular weight is 333 g/mol. The van der Waals surface area contributed by atoms with Gasteiger partial charge in [-0.2, -0.15) is 0 Å². The Labute approximate surface area is 151 Å². The largest absolute Gasteiger partial charge is 0.255 e. The zero-order chi connectivity index (χ0) is 19.4. The van der Waals surface area contributed by atoms with Crippen molar-refractivity contribution >= 4 is 0 Å². The highest BCUT2D eigenvalue weighted by Crippen LogP contribution is 2.17. The van der Waals surface area contributed by atoms with Crippen LogP contribution >= 0.6 is 0 Å². The van der Waals surface area contributed by atoms with Crippen molar-refractivity contribution in [3.05, 3.63) is 47.8 Å². The Bertz CT molecular complexity index is 433. The van der Waals surface area contributed by atoms with Gasteiger partial charge in [0, 0.05) is 12.4 Å². The Kier molecular flexibility index (Phi) is 24.1. The fourth-order valence-corrected chi connectivity index (χ4v) is 1.67. The molecule has 0 aromatic carbocycles. The second-order valence-corrected chi connectivity index (χ2v) is 3.81. The highest BCUT2D eigenvalue weighted by molar-refractivity contribution is 5.55. The van der Waals surface area contributed by atoms with Gasteiger partial charge in [-0.1, -0.05) is 69.2 Å². The summed E-state index contributed by atoms with van der Waals surface area (Å²) < 4.78 is 0. The van der Waals surface area contributed by atoms with Crippen molar-refractivity contribution in [3.63, 3.8) is 0 Å². The Morgan fingerprint density at radius 2 is 0.875 bits per heavy atom. The number of aromatic nitrogens is 2. The van der Waals surface area contributed by atoms with Crippen molar-refractivity contribution in [2.45, 2.75) is 82.1 Å². The molecule has 0 aliphatic heterocycles. The summed E-state index contributed by atoms with van der Waals surface area (Å²) >= 11 is 0. The molecule has 0 atom stereocenters. The normalized spacial score (nSPS) is 7.92. The molecule has 138 valence electrons. The van der Waals surface area contributed by atoms with Crippen molar-refractivity contribution < 1.29 is 0 Å². The van der Waals surface area contributed by atoms with Gasteiger partial charge in [0.2, 0.25) is 0 Å². The maximum atomic E-state index is 4.37. The minimum absolute atomic E-state index is 0.967. The van der Waals surface area contributed by atoms with Gasteiger partial charge in [-0.3, -0.25) is 9.97 Å². The molecule has 2 heteroatoms. The Morgan fingerprint density at radius 3 is 1.12 bits per heavy atom. The zero-order valence-electron chi connectivity index (χ0n) is 17.8. The highest BCUT2D eigenvalue weighted by Gasteiger charge is 2.02. The summed E-state index contributed by atoms with van der Waals surface area (Å²) in [5.41, 5.74) is 4.53. The second-order valence-electron chi connectivity index (χ2n) is 3.81. The lowest BCUT2D eigenvalue weighted by Gasteiger charge is -2.03. The molecule has 0 fully saturated rings. The van der Waals surface area contributed by atoms with Crippen LogP contribution in [0.2, 0.25) is 0 Å². The van der Waals surface area contributed by atoms with Crippen molar-refractivity contribution in [1.29, 1.82) is 0 Å². The molecule has 0 unspecified atom stereocenters. The number of hydrogen-bond acceptors (Lipinski definition) is 2. The fourth-order valence-electron chi connectivity index (χ4n) is 1.67. The van der Waals surface area contributed by atoms with Crippen LogP contribution in [0.1, 0.15) is 80.4 Å². The Hall–Kier alpha value is -1.70. The van der Waals surface area contributed by atoms with Crippen LogP contribution in [-0.2, 0) is 12.8 Å². The molecule has 0 amide bonds. The smallest absolute Gasteiger partial charge is 0.0888 e. The van der Waals surface area contributed by atoms with Crippen LogP contribution in [0.25, 0.3) is 11.4 Å². The van der Waals surface area contributed by atoms with E-state index in [2.05, 4.69) is 35.9 Å². The quantitative estimate of drug-likeness (QED) is 0.586. The molecule has 2 heterocycles. The van der Waals surface area contributed by atoms with E-state index in [9.17, 15) is 0 Å². The molecule has 0 aliphatic carbocycles. The Balaban J connectivity index is -0.000000484. The minimum Gasteiger partial charge on any atom is -0.255 e. The SMILES string of the molecule is CC.CC.CC.CC.CCc1ccnc(-c2cc(CC)ccn2)c1. The summed E-state index contributed by atoms with van der Waals surface area (Å²) in [4.78, 5) is 8.74. The van der Waals surface area contributed by atoms with Gasteiger partial charge >= 0.3 is 0 Å². The van der Waals surface area contributed by atoms with Crippen LogP contribution in [0.3, 0.4) is 0 Å². The highest BCUT2D eigenvalue weighted by atomic mass is 14.8. The van der Waals surface area contributed by atoms with E-state index in [0.717, 1.165) is 24.2 Å². The van der Waals surface area contributed by atoms with Crippen molar-refractivity contribution in [1.82, 2.24) is 9.97 Å². The molecule has 0 radical (unpaired) electrons. The van der Waals surface area contributed by atoms with E-state index in [1.54, 1.807) is 0 Å². The molecule has 0 N–H and O–H groups in total. The van der Waals surface area contributed by atoms with Crippen molar-refractivity contribution in [3.8, 4) is 11.4 Å². The lowest BCUT2D eigenvalue weighted by atomic mass is 10.1. The van der Waals surface area contributed by atoms with Gasteiger partial charge in [-0.05, 0) is 48.2 Å². The predicted octanol–water partition coefficient (Wildman–Crippen LogP) is 7.37. The minimum atomic E-state index is 0.967. The molecule has 0 saturated heterocycles. The Morgan fingerprint density at radius 1 is 0.583 bits per heavy atom. The molecule has 2 aromatic heterocycles. The number of hydrogen-bond donors (Lipinski definition) is 0. The van der Waals surface area contributed by atoms with Crippen molar-refractivity contribution in [2.75, 3.05) is 0 Å². The third kappa shape index (κ3) is 10.9. The van der Waals surface area contributed by atoms with Gasteiger partial charge in [-0.25, -0.2) is 0 Å². The molecule has 0 bridgehead atoms. The van der Waals surface area contributed by atoms with E-state index < -0.39 is 0 Å². The fraction of sp³-hybridized carbons (Fsp3) is 0.545. The van der Waals surface area contributed by atoms with Gasteiger partial charge in [0.05, 0.1) is 11.4 Å². The summed E-state index contributed by atoms with van der Waals surface area (Å²) in [6.45, 7) is 20.3. The summed E-state index contributed by atoms with van der Waals surface area (Å²) in [5, 5.41) is 0. The third-order valence-electron chi connectivity index (χ3n) is 2.73. The summed E-state index contributed by atoms with van der Waals surface area (Å²) in [7, 11) is 0. The lowest BCUT2D eigenvalue weighted by molar-refractivity contribution is 1.10. The number of rotatable bonds is 3. The molecule has 2 rings (SSSR count). The average Bonchev–Trinajstić information content (AvgIpc) is 2.74. The van der Waals surface area contributed by atoms with E-state index >= 15 is 0 Å². The molecular weight excluding hydrogens is 292 g/mol. The third-order valence-corrected chi connectivity index (χ3v) is 2.73. The molecule has 0 saturated carbocycles. The number of nitrogens with zero attached hydrogens (tertiary/aromatic N) is 2. The number of aryl methyl sites for hydroxylation is 2. The maximum Gasteiger partial charge on any atom is 0.0888 e. The number of pyridine rings is 2. The first kappa shape index (κ1) is 27.2. The first-order chi connectivity index (χ1) is 11.8. The summed E-state index contributed by atoms with van der Waals surface area (Å²) in [5.74, 6) is 0. The van der Waals surface area contributed by atoms with E-state index in [-0.39, 0.29) is 0 Å². The van der Waals surface area contributed by atoms with E-state index in [0.29, 0.717) is 0 Å². The van der Waals surface area contributed by atoms with E-state index in [1.165, 1.54) is 11.1 Å². The van der Waals surface area contributed by atoms with E-state index in [4.69, 9.17) is 0 Å². The monoisotopic (exact) mass is 332 g/mol. The predicted molar refractivity (Wildman–Crippen MR) is 112 cm³/mol. The topological polar surface area (TPSA) is 25.8 Å². The van der Waals surface area contributed by atoms with Gasteiger partial charge in [-0.15, -0.1) is 0 Å². The standard InChI is InChI=1S/C14H16N2.4C2H6/c1-3-11-5-7-15-13(9-11)14-10-12(4-2)6-8-16-14;4*1-2/h5-10H,3-4H2,1-2H3;4*1-2H3. The van der Waals surface area contributed by atoms with Gasteiger partial charge in [0.1, 0.15) is 0 Å². The lowest BCUT2D eigenvalue weighted by Crippen LogP contribution is -1.91. The molecule has 24 heavy (non-hydrogen) atoms. The van der Waals surface area contributed by atoms with Crippen LogP contribution < -0.4 is 0 Å². The van der Waals surface area contributed by atoms with Crippen LogP contribution in [0, 0.1) is 0 Å². The van der Waals surface area contributed by atoms with Crippen LogP contribution in [0.4, 0.5) is 0 Å².